The molecule has 0 aliphatic carbocycles. The van der Waals surface area contributed by atoms with Gasteiger partial charge in [-0.15, -0.1) is 0 Å². The van der Waals surface area contributed by atoms with Gasteiger partial charge in [-0.2, -0.15) is 0 Å². The number of phenols is 1. The van der Waals surface area contributed by atoms with Gasteiger partial charge in [0.05, 0.1) is 6.54 Å². The number of carbonyl (C=O) groups excluding carboxylic acids is 1. The molecule has 0 fully saturated rings. The Kier molecular flexibility index (Phi) is 6.28. The molecule has 1 aromatic carbocycles. The van der Waals surface area contributed by atoms with E-state index in [1.807, 2.05) is 0 Å². The Morgan fingerprint density at radius 1 is 1.50 bits per heavy atom. The molecule has 3 nitrogen and oxygen atoms in total. The van der Waals surface area contributed by atoms with Crippen molar-refractivity contribution in [3.05, 3.63) is 29.8 Å². The second kappa shape index (κ2) is 6.37. The van der Waals surface area contributed by atoms with Gasteiger partial charge in [0.15, 0.2) is 0 Å². The maximum absolute atomic E-state index is 9.71. The van der Waals surface area contributed by atoms with Gasteiger partial charge in [0.25, 0.3) is 0 Å². The summed E-state index contributed by atoms with van der Waals surface area (Å²) in [6.45, 7) is 0.276. The minimum absolute atomic E-state index is 0. The third-order valence-electron chi connectivity index (χ3n) is 1.24. The van der Waals surface area contributed by atoms with E-state index in [0.717, 1.165) is 5.56 Å². The number of aliphatic imine (C=N–C) groups is 1. The van der Waals surface area contributed by atoms with Crippen LogP contribution in [0.25, 0.3) is 0 Å². The fraction of sp³-hybridized carbons (Fsp3) is 0.125. The first kappa shape index (κ1) is 11.8. The topological polar surface area (TPSA) is 49.7 Å². The van der Waals surface area contributed by atoms with Crippen LogP contribution in [0.4, 0.5) is 0 Å². The average Bonchev–Trinajstić information content (AvgIpc) is 2.01. The van der Waals surface area contributed by atoms with Crippen LogP contribution in [0.5, 0.6) is 5.75 Å². The normalized spacial score (nSPS) is 8.00. The minimum Gasteiger partial charge on any atom is -0.508 e. The van der Waals surface area contributed by atoms with Crippen LogP contribution in [0.3, 0.4) is 0 Å². The monoisotopic (exact) mass is 376 g/mol. The number of rotatable bonds is 2. The fourth-order valence-electron chi connectivity index (χ4n) is 0.778. The maximum Gasteiger partial charge on any atom is 0.235 e. The van der Waals surface area contributed by atoms with E-state index in [2.05, 4.69) is 4.99 Å². The second-order valence-electron chi connectivity index (χ2n) is 2.08. The van der Waals surface area contributed by atoms with Gasteiger partial charge in [-0.25, -0.2) is 9.79 Å². The predicted molar refractivity (Wildman–Crippen MR) is 39.9 cm³/mol. The Hall–Kier alpha value is -0.158. The summed E-state index contributed by atoms with van der Waals surface area (Å²) < 4.78 is 0. The molecule has 0 saturated carbocycles. The number of benzene rings is 1. The fourth-order valence-corrected chi connectivity index (χ4v) is 0.778. The average molecular weight is 376 g/mol. The molecule has 1 aromatic rings. The molecule has 0 aromatic heterocycles. The zero-order valence-corrected chi connectivity index (χ0v) is 11.1. The summed E-state index contributed by atoms with van der Waals surface area (Å²) in [6, 6.07) is 6.60. The molecule has 1 rings (SSSR count). The van der Waals surface area contributed by atoms with Crippen molar-refractivity contribution in [2.75, 3.05) is 0 Å². The van der Waals surface area contributed by atoms with Crippen molar-refractivity contribution in [3.8, 4) is 5.75 Å². The molecular formula is C8H7AcNO2. The van der Waals surface area contributed by atoms with Crippen molar-refractivity contribution >= 4 is 6.08 Å². The van der Waals surface area contributed by atoms with E-state index < -0.39 is 0 Å². The van der Waals surface area contributed by atoms with E-state index in [-0.39, 0.29) is 56.4 Å². The molecule has 4 heteroatoms. The molecule has 1 N–H and O–H groups in total. The molecule has 0 atom stereocenters. The van der Waals surface area contributed by atoms with Crippen LogP contribution in [0.2, 0.25) is 0 Å². The van der Waals surface area contributed by atoms with Gasteiger partial charge >= 0.3 is 0 Å². The molecule has 0 aliphatic heterocycles. The molecule has 1 radical (unpaired) electrons. The molecule has 0 spiro atoms. The summed E-state index contributed by atoms with van der Waals surface area (Å²) in [5, 5.41) is 8.97. The summed E-state index contributed by atoms with van der Waals surface area (Å²) in [4.78, 5) is 13.1. The summed E-state index contributed by atoms with van der Waals surface area (Å²) in [6.07, 6.45) is 1.43. The van der Waals surface area contributed by atoms with Gasteiger partial charge in [0.2, 0.25) is 6.08 Å². The molecule has 0 bridgehead atoms. The van der Waals surface area contributed by atoms with Crippen molar-refractivity contribution in [2.24, 2.45) is 4.99 Å². The summed E-state index contributed by atoms with van der Waals surface area (Å²) in [5.41, 5.74) is 0.799. The van der Waals surface area contributed by atoms with E-state index in [1.165, 1.54) is 6.08 Å². The van der Waals surface area contributed by atoms with Gasteiger partial charge < -0.3 is 5.11 Å². The summed E-state index contributed by atoms with van der Waals surface area (Å²) in [7, 11) is 0. The largest absolute Gasteiger partial charge is 0.508 e. The Labute approximate surface area is 106 Å². The number of hydrogen-bond acceptors (Lipinski definition) is 3. The Balaban J connectivity index is 0.00000121. The van der Waals surface area contributed by atoms with Crippen LogP contribution in [-0.2, 0) is 11.3 Å². The molecule has 0 heterocycles. The van der Waals surface area contributed by atoms with Crippen molar-refractivity contribution in [1.82, 2.24) is 0 Å². The molecule has 12 heavy (non-hydrogen) atoms. The van der Waals surface area contributed by atoms with Gasteiger partial charge in [-0.05, 0) is 17.7 Å². The van der Waals surface area contributed by atoms with E-state index in [9.17, 15) is 4.79 Å². The van der Waals surface area contributed by atoms with Gasteiger partial charge in [-0.1, -0.05) is 12.1 Å². The first-order valence-electron chi connectivity index (χ1n) is 3.14. The van der Waals surface area contributed by atoms with Crippen molar-refractivity contribution < 1.29 is 54.0 Å². The number of isocyanates is 1. The molecular weight excluding hydrogens is 369 g/mol. The Morgan fingerprint density at radius 3 is 2.83 bits per heavy atom. The number of nitrogens with zero attached hydrogens (tertiary/aromatic N) is 1. The van der Waals surface area contributed by atoms with Crippen molar-refractivity contribution in [2.45, 2.75) is 6.54 Å². The number of aromatic hydroxyl groups is 1. The third-order valence-corrected chi connectivity index (χ3v) is 1.24. The van der Waals surface area contributed by atoms with E-state index in [1.54, 1.807) is 24.3 Å². The third kappa shape index (κ3) is 4.02. The van der Waals surface area contributed by atoms with Crippen LogP contribution in [-0.4, -0.2) is 11.2 Å². The van der Waals surface area contributed by atoms with Gasteiger partial charge in [0, 0.05) is 44.1 Å². The molecule has 59 valence electrons. The first-order chi connectivity index (χ1) is 5.33. The number of hydrogen-bond donors (Lipinski definition) is 1. The SMILES string of the molecule is O=C=NCc1cccc(O)c1.[Ac]. The van der Waals surface area contributed by atoms with Gasteiger partial charge in [-0.3, -0.25) is 0 Å². The number of phenolic OH excluding ortho intramolecular Hbond substituents is 1. The quantitative estimate of drug-likeness (QED) is 0.624. The standard InChI is InChI=1S/C8H7NO2.Ac/c10-6-9-5-7-2-1-3-8(11)4-7;/h1-4,11H,5H2;. The predicted octanol–water partition coefficient (Wildman–Crippen LogP) is 1.23. The molecule has 0 saturated heterocycles. The minimum atomic E-state index is 0. The molecule has 0 amide bonds. The Bertz CT molecular complexity index is 295. The summed E-state index contributed by atoms with van der Waals surface area (Å²) >= 11 is 0. The Morgan fingerprint density at radius 2 is 2.25 bits per heavy atom. The smallest absolute Gasteiger partial charge is 0.235 e. The summed E-state index contributed by atoms with van der Waals surface area (Å²) in [5.74, 6) is 0.184. The van der Waals surface area contributed by atoms with E-state index >= 15 is 0 Å². The van der Waals surface area contributed by atoms with E-state index in [0.29, 0.717) is 0 Å². The van der Waals surface area contributed by atoms with Crippen LogP contribution in [0.1, 0.15) is 5.56 Å². The van der Waals surface area contributed by atoms with Crippen LogP contribution in [0, 0.1) is 44.1 Å². The second-order valence-corrected chi connectivity index (χ2v) is 2.08. The zero-order valence-electron chi connectivity index (χ0n) is 6.40. The van der Waals surface area contributed by atoms with Gasteiger partial charge in [0.1, 0.15) is 5.75 Å². The van der Waals surface area contributed by atoms with Crippen molar-refractivity contribution in [3.63, 3.8) is 0 Å². The van der Waals surface area contributed by atoms with Crippen molar-refractivity contribution in [1.29, 1.82) is 0 Å². The van der Waals surface area contributed by atoms with Crippen LogP contribution < -0.4 is 0 Å². The van der Waals surface area contributed by atoms with Crippen LogP contribution >= 0.6 is 0 Å². The van der Waals surface area contributed by atoms with E-state index in [4.69, 9.17) is 5.11 Å². The zero-order chi connectivity index (χ0) is 8.10. The first-order valence-corrected chi connectivity index (χ1v) is 3.14. The maximum atomic E-state index is 9.71. The molecule has 0 unspecified atom stereocenters. The van der Waals surface area contributed by atoms with Crippen LogP contribution in [0.15, 0.2) is 29.3 Å². The molecule has 0 aliphatic rings.